The number of aliphatic imine (C=N–C) groups is 1. The summed E-state index contributed by atoms with van der Waals surface area (Å²) in [5.74, 6) is 0.856. The lowest BCUT2D eigenvalue weighted by Crippen LogP contribution is -2.38. The van der Waals surface area contributed by atoms with Crippen molar-refractivity contribution in [1.29, 1.82) is 0 Å². The molecule has 0 atom stereocenters. The summed E-state index contributed by atoms with van der Waals surface area (Å²) in [5.41, 5.74) is 1.14. The van der Waals surface area contributed by atoms with Crippen LogP contribution in [-0.4, -0.2) is 24.0 Å². The number of thiazole rings is 1. The summed E-state index contributed by atoms with van der Waals surface area (Å²) in [7, 11) is 0. The number of rotatable bonds is 6. The molecular weight excluding hydrogens is 324 g/mol. The summed E-state index contributed by atoms with van der Waals surface area (Å²) in [6, 6.07) is 4.26. The minimum atomic E-state index is 0.107. The molecule has 23 heavy (non-hydrogen) atoms. The van der Waals surface area contributed by atoms with Crippen molar-refractivity contribution >= 4 is 28.6 Å². The van der Waals surface area contributed by atoms with Crippen molar-refractivity contribution in [2.45, 2.75) is 46.1 Å². The van der Waals surface area contributed by atoms with E-state index in [4.69, 9.17) is 4.98 Å². The molecule has 0 spiro atoms. The van der Waals surface area contributed by atoms with E-state index >= 15 is 0 Å². The number of nitrogens with one attached hydrogen (secondary N) is 2. The van der Waals surface area contributed by atoms with Crippen molar-refractivity contribution in [3.05, 3.63) is 38.5 Å². The van der Waals surface area contributed by atoms with E-state index in [-0.39, 0.29) is 5.41 Å². The van der Waals surface area contributed by atoms with Gasteiger partial charge in [-0.1, -0.05) is 26.8 Å². The minimum absolute atomic E-state index is 0.107. The van der Waals surface area contributed by atoms with Crippen molar-refractivity contribution in [2.24, 2.45) is 4.99 Å². The minimum Gasteiger partial charge on any atom is -0.357 e. The molecular formula is C17H26N4S2. The molecule has 6 heteroatoms. The Morgan fingerprint density at radius 2 is 2.09 bits per heavy atom. The Hall–Kier alpha value is -1.40. The summed E-state index contributed by atoms with van der Waals surface area (Å²) < 4.78 is 0. The first-order chi connectivity index (χ1) is 11.0. The Morgan fingerprint density at radius 1 is 1.26 bits per heavy atom. The fourth-order valence-electron chi connectivity index (χ4n) is 1.98. The van der Waals surface area contributed by atoms with Crippen LogP contribution < -0.4 is 10.6 Å². The highest BCUT2D eigenvalue weighted by atomic mass is 32.1. The molecule has 126 valence electrons. The summed E-state index contributed by atoms with van der Waals surface area (Å²) in [4.78, 5) is 10.7. The second-order valence-electron chi connectivity index (χ2n) is 6.35. The predicted molar refractivity (Wildman–Crippen MR) is 102 cm³/mol. The van der Waals surface area contributed by atoms with Gasteiger partial charge in [0.1, 0.15) is 0 Å². The molecule has 0 amide bonds. The van der Waals surface area contributed by atoms with E-state index in [2.05, 4.69) is 66.2 Å². The smallest absolute Gasteiger partial charge is 0.191 e. The third-order valence-corrected chi connectivity index (χ3v) is 5.43. The fraction of sp³-hybridized carbons (Fsp3) is 0.529. The third-order valence-electron chi connectivity index (χ3n) is 3.18. The van der Waals surface area contributed by atoms with Crippen LogP contribution in [0.15, 0.2) is 27.9 Å². The second-order valence-corrected chi connectivity index (χ2v) is 8.24. The first kappa shape index (κ1) is 17.9. The lowest BCUT2D eigenvalue weighted by molar-refractivity contribution is 0.583. The van der Waals surface area contributed by atoms with Crippen LogP contribution in [0.25, 0.3) is 0 Å². The molecule has 0 bridgehead atoms. The van der Waals surface area contributed by atoms with E-state index in [0.29, 0.717) is 6.54 Å². The Kier molecular flexibility index (Phi) is 6.59. The third kappa shape index (κ3) is 5.95. The lowest BCUT2D eigenvalue weighted by Gasteiger charge is -2.13. The molecule has 2 aromatic rings. The zero-order chi connectivity index (χ0) is 16.7. The number of hydrogen-bond acceptors (Lipinski definition) is 4. The fourth-order valence-corrected chi connectivity index (χ4v) is 3.59. The molecule has 0 saturated heterocycles. The molecule has 0 aromatic carbocycles. The van der Waals surface area contributed by atoms with Gasteiger partial charge in [-0.15, -0.1) is 22.7 Å². The van der Waals surface area contributed by atoms with Gasteiger partial charge in [0.15, 0.2) is 5.96 Å². The average Bonchev–Trinajstić information content (AvgIpc) is 3.15. The van der Waals surface area contributed by atoms with E-state index in [1.807, 2.05) is 0 Å². The first-order valence-electron chi connectivity index (χ1n) is 7.98. The molecule has 0 radical (unpaired) electrons. The monoisotopic (exact) mass is 350 g/mol. The molecule has 2 rings (SSSR count). The standard InChI is InChI=1S/C17H26N4S2/c1-5-18-16(19-9-8-14-7-6-10-22-14)20-11-13-12-23-15(21-13)17(2,3)4/h6-7,10,12H,5,8-9,11H2,1-4H3,(H2,18,19,20). The molecule has 2 aromatic heterocycles. The van der Waals surface area contributed by atoms with Crippen molar-refractivity contribution in [3.8, 4) is 0 Å². The molecule has 0 aliphatic carbocycles. The van der Waals surface area contributed by atoms with Crippen LogP contribution in [-0.2, 0) is 18.4 Å². The Labute approximate surface area is 147 Å². The van der Waals surface area contributed by atoms with Crippen LogP contribution in [0.5, 0.6) is 0 Å². The van der Waals surface area contributed by atoms with Gasteiger partial charge in [-0.3, -0.25) is 0 Å². The molecule has 4 nitrogen and oxygen atoms in total. The molecule has 0 fully saturated rings. The molecule has 2 N–H and O–H groups in total. The Morgan fingerprint density at radius 3 is 2.70 bits per heavy atom. The van der Waals surface area contributed by atoms with Crippen LogP contribution in [0.1, 0.15) is 43.3 Å². The van der Waals surface area contributed by atoms with Gasteiger partial charge in [-0.25, -0.2) is 9.98 Å². The van der Waals surface area contributed by atoms with Gasteiger partial charge in [0.2, 0.25) is 0 Å². The highest BCUT2D eigenvalue weighted by Gasteiger charge is 2.17. The average molecular weight is 351 g/mol. The van der Waals surface area contributed by atoms with Crippen LogP contribution >= 0.6 is 22.7 Å². The molecule has 2 heterocycles. The SMILES string of the molecule is CCNC(=NCc1csc(C(C)(C)C)n1)NCCc1cccs1. The number of aromatic nitrogens is 1. The summed E-state index contributed by atoms with van der Waals surface area (Å²) in [6.45, 7) is 11.0. The van der Waals surface area contributed by atoms with Crippen molar-refractivity contribution < 1.29 is 0 Å². The van der Waals surface area contributed by atoms with Gasteiger partial charge in [-0.2, -0.15) is 0 Å². The Bertz CT molecular complexity index is 609. The summed E-state index contributed by atoms with van der Waals surface area (Å²) in [5, 5.41) is 12.1. The van der Waals surface area contributed by atoms with Crippen molar-refractivity contribution in [1.82, 2.24) is 15.6 Å². The molecule has 0 saturated carbocycles. The van der Waals surface area contributed by atoms with Gasteiger partial charge >= 0.3 is 0 Å². The highest BCUT2D eigenvalue weighted by molar-refractivity contribution is 7.10. The first-order valence-corrected chi connectivity index (χ1v) is 9.74. The topological polar surface area (TPSA) is 49.3 Å². The number of nitrogens with zero attached hydrogens (tertiary/aromatic N) is 2. The highest BCUT2D eigenvalue weighted by Crippen LogP contribution is 2.25. The van der Waals surface area contributed by atoms with E-state index in [1.165, 1.54) is 9.88 Å². The number of hydrogen-bond donors (Lipinski definition) is 2. The quantitative estimate of drug-likeness (QED) is 0.615. The van der Waals surface area contributed by atoms with Gasteiger partial charge in [0.25, 0.3) is 0 Å². The zero-order valence-electron chi connectivity index (χ0n) is 14.3. The maximum absolute atomic E-state index is 4.69. The maximum Gasteiger partial charge on any atom is 0.191 e. The second kappa shape index (κ2) is 8.45. The van der Waals surface area contributed by atoms with Gasteiger partial charge in [0, 0.05) is 28.8 Å². The van der Waals surface area contributed by atoms with E-state index in [9.17, 15) is 0 Å². The Balaban J connectivity index is 1.88. The maximum atomic E-state index is 4.69. The van der Waals surface area contributed by atoms with E-state index in [1.54, 1.807) is 22.7 Å². The van der Waals surface area contributed by atoms with Gasteiger partial charge in [0.05, 0.1) is 17.2 Å². The zero-order valence-corrected chi connectivity index (χ0v) is 16.0. The van der Waals surface area contributed by atoms with E-state index in [0.717, 1.165) is 31.2 Å². The number of guanidine groups is 1. The van der Waals surface area contributed by atoms with Crippen molar-refractivity contribution in [2.75, 3.05) is 13.1 Å². The molecule has 0 unspecified atom stereocenters. The van der Waals surface area contributed by atoms with Crippen LogP contribution in [0.2, 0.25) is 0 Å². The summed E-state index contributed by atoms with van der Waals surface area (Å²) in [6.07, 6.45) is 1.02. The van der Waals surface area contributed by atoms with Gasteiger partial charge < -0.3 is 10.6 Å². The van der Waals surface area contributed by atoms with Crippen LogP contribution in [0.3, 0.4) is 0 Å². The van der Waals surface area contributed by atoms with E-state index < -0.39 is 0 Å². The van der Waals surface area contributed by atoms with Crippen molar-refractivity contribution in [3.63, 3.8) is 0 Å². The predicted octanol–water partition coefficient (Wildman–Crippen LogP) is 3.80. The summed E-state index contributed by atoms with van der Waals surface area (Å²) >= 11 is 3.51. The van der Waals surface area contributed by atoms with Crippen LogP contribution in [0.4, 0.5) is 0 Å². The molecule has 0 aliphatic rings. The lowest BCUT2D eigenvalue weighted by atomic mass is 9.98. The van der Waals surface area contributed by atoms with Crippen LogP contribution in [0, 0.1) is 0 Å². The normalized spacial score (nSPS) is 12.4. The van der Waals surface area contributed by atoms with Gasteiger partial charge in [-0.05, 0) is 24.8 Å². The largest absolute Gasteiger partial charge is 0.357 e. The molecule has 0 aliphatic heterocycles. The number of thiophene rings is 1.